The number of nitrogens with one attached hydrogen (secondary N) is 1. The highest BCUT2D eigenvalue weighted by Gasteiger charge is 2.20. The summed E-state index contributed by atoms with van der Waals surface area (Å²) < 4.78 is 27.2. The second-order valence-electron chi connectivity index (χ2n) is 6.14. The highest BCUT2D eigenvalue weighted by Crippen LogP contribution is 2.21. The minimum atomic E-state index is -2.77. The first-order valence-electron chi connectivity index (χ1n) is 8.28. The molecule has 0 aliphatic heterocycles. The van der Waals surface area contributed by atoms with Crippen molar-refractivity contribution in [3.05, 3.63) is 45.5 Å². The average Bonchev–Trinajstić information content (AvgIpc) is 2.96. The number of amides is 1. The largest absolute Gasteiger partial charge is 0.393 e. The summed E-state index contributed by atoms with van der Waals surface area (Å²) in [6.07, 6.45) is -0.457. The van der Waals surface area contributed by atoms with E-state index in [0.29, 0.717) is 10.7 Å². The van der Waals surface area contributed by atoms with Crippen molar-refractivity contribution in [2.45, 2.75) is 32.8 Å². The Morgan fingerprint density at radius 3 is 2.71 bits per heavy atom. The number of alkyl halides is 2. The molecule has 0 aromatic carbocycles. The summed E-state index contributed by atoms with van der Waals surface area (Å²) in [6.45, 7) is 3.50. The van der Waals surface area contributed by atoms with E-state index < -0.39 is 18.0 Å². The maximum Gasteiger partial charge on any atom is 0.282 e. The van der Waals surface area contributed by atoms with Crippen molar-refractivity contribution >= 4 is 34.8 Å². The summed E-state index contributed by atoms with van der Waals surface area (Å²) in [5, 5.41) is 10.9. The van der Waals surface area contributed by atoms with Crippen LogP contribution in [0.25, 0.3) is 0 Å². The highest BCUT2D eigenvalue weighted by molar-refractivity contribution is 6.36. The summed E-state index contributed by atoms with van der Waals surface area (Å²) in [7, 11) is 1.51. The average molecular weight is 434 g/mol. The molecule has 1 N–H and O–H groups in total. The van der Waals surface area contributed by atoms with E-state index in [1.807, 2.05) is 0 Å². The molecule has 152 valence electrons. The zero-order valence-corrected chi connectivity index (χ0v) is 16.9. The number of oxime groups is 1. The van der Waals surface area contributed by atoms with Crippen LogP contribution in [0.5, 0.6) is 0 Å². The normalized spacial score (nSPS) is 12.0. The van der Waals surface area contributed by atoms with Crippen LogP contribution in [0.1, 0.15) is 37.2 Å². The molecule has 0 aliphatic rings. The lowest BCUT2D eigenvalue weighted by Crippen LogP contribution is -2.32. The number of carbonyl (C=O) groups is 1. The lowest BCUT2D eigenvalue weighted by molar-refractivity contribution is -0.120. The smallest absolute Gasteiger partial charge is 0.282 e. The van der Waals surface area contributed by atoms with Gasteiger partial charge in [-0.1, -0.05) is 28.4 Å². The number of rotatable bonds is 8. The molecule has 0 saturated carbocycles. The zero-order chi connectivity index (χ0) is 20.8. The molecule has 2 aromatic rings. The van der Waals surface area contributed by atoms with E-state index in [1.54, 1.807) is 13.8 Å². The Morgan fingerprint density at radius 1 is 1.39 bits per heavy atom. The molecule has 11 heteroatoms. The first-order chi connectivity index (χ1) is 13.2. The van der Waals surface area contributed by atoms with Gasteiger partial charge >= 0.3 is 0 Å². The number of nitrogens with zero attached hydrogens (tertiary/aromatic N) is 4. The molecule has 2 aromatic heterocycles. The van der Waals surface area contributed by atoms with Crippen molar-refractivity contribution < 1.29 is 18.4 Å². The van der Waals surface area contributed by atoms with Gasteiger partial charge in [0.15, 0.2) is 0 Å². The molecule has 0 spiro atoms. The molecule has 28 heavy (non-hydrogen) atoms. The standard InChI is InChI=1S/C17H19Cl2F2N5O2/c1-9(2)28-25-13(16-12(19)5-11(18)6-23-16)7-22-14(27)4-10-8-26(3)24-15(10)17(20)21/h5-6,8-9,17H,4,7H2,1-3H3,(H,22,27). The first-order valence-corrected chi connectivity index (χ1v) is 9.04. The Balaban J connectivity index is 2.12. The van der Waals surface area contributed by atoms with Gasteiger partial charge in [-0.05, 0) is 19.9 Å². The van der Waals surface area contributed by atoms with Crippen LogP contribution < -0.4 is 5.32 Å². The van der Waals surface area contributed by atoms with Gasteiger partial charge in [-0.15, -0.1) is 0 Å². The minimum absolute atomic E-state index is 0.0653. The van der Waals surface area contributed by atoms with Gasteiger partial charge in [-0.25, -0.2) is 8.78 Å². The zero-order valence-electron chi connectivity index (χ0n) is 15.4. The molecule has 0 radical (unpaired) electrons. The molecular formula is C17H19Cl2F2N5O2. The summed E-state index contributed by atoms with van der Waals surface area (Å²) >= 11 is 12.0. The number of aryl methyl sites for hydroxylation is 1. The number of pyridine rings is 1. The molecular weight excluding hydrogens is 415 g/mol. The topological polar surface area (TPSA) is 81.4 Å². The van der Waals surface area contributed by atoms with Crippen LogP contribution >= 0.6 is 23.2 Å². The van der Waals surface area contributed by atoms with Crippen molar-refractivity contribution in [2.75, 3.05) is 6.54 Å². The van der Waals surface area contributed by atoms with Gasteiger partial charge < -0.3 is 10.2 Å². The number of hydrogen-bond donors (Lipinski definition) is 1. The Kier molecular flexibility index (Phi) is 7.70. The predicted molar refractivity (Wildman–Crippen MR) is 102 cm³/mol. The van der Waals surface area contributed by atoms with Crippen LogP contribution in [0.4, 0.5) is 8.78 Å². The van der Waals surface area contributed by atoms with Crippen LogP contribution in [0, 0.1) is 0 Å². The molecule has 2 heterocycles. The lowest BCUT2D eigenvalue weighted by atomic mass is 10.1. The van der Waals surface area contributed by atoms with E-state index in [1.165, 1.54) is 30.2 Å². The summed E-state index contributed by atoms with van der Waals surface area (Å²) in [6, 6.07) is 1.49. The number of halogens is 4. The predicted octanol–water partition coefficient (Wildman–Crippen LogP) is 3.55. The number of hydrogen-bond acceptors (Lipinski definition) is 5. The van der Waals surface area contributed by atoms with Gasteiger partial charge in [0.25, 0.3) is 6.43 Å². The fourth-order valence-electron chi connectivity index (χ4n) is 2.25. The number of aromatic nitrogens is 3. The van der Waals surface area contributed by atoms with Gasteiger partial charge in [0, 0.05) is 25.0 Å². The number of carbonyl (C=O) groups excluding carboxylic acids is 1. The van der Waals surface area contributed by atoms with E-state index in [2.05, 4.69) is 20.6 Å². The van der Waals surface area contributed by atoms with Crippen LogP contribution in [0.15, 0.2) is 23.6 Å². The Hall–Kier alpha value is -2.26. The van der Waals surface area contributed by atoms with Crippen LogP contribution in [0.2, 0.25) is 10.0 Å². The molecule has 0 unspecified atom stereocenters. The minimum Gasteiger partial charge on any atom is -0.393 e. The van der Waals surface area contributed by atoms with Crippen molar-refractivity contribution in [2.24, 2.45) is 12.2 Å². The van der Waals surface area contributed by atoms with E-state index >= 15 is 0 Å². The van der Waals surface area contributed by atoms with E-state index in [4.69, 9.17) is 28.0 Å². The first kappa shape index (κ1) is 22.0. The summed E-state index contributed by atoms with van der Waals surface area (Å²) in [5.41, 5.74) is 0.289. The van der Waals surface area contributed by atoms with Crippen LogP contribution in [0.3, 0.4) is 0 Å². The maximum absolute atomic E-state index is 13.0. The molecule has 0 bridgehead atoms. The molecule has 1 amide bonds. The van der Waals surface area contributed by atoms with Crippen LogP contribution in [-0.2, 0) is 23.1 Å². The monoisotopic (exact) mass is 433 g/mol. The third-order valence-electron chi connectivity index (χ3n) is 3.40. The van der Waals surface area contributed by atoms with Crippen molar-refractivity contribution in [3.8, 4) is 0 Å². The fraction of sp³-hybridized carbons (Fsp3) is 0.412. The second-order valence-corrected chi connectivity index (χ2v) is 6.99. The third-order valence-corrected chi connectivity index (χ3v) is 3.90. The lowest BCUT2D eigenvalue weighted by Gasteiger charge is -2.11. The second kappa shape index (κ2) is 9.79. The molecule has 7 nitrogen and oxygen atoms in total. The highest BCUT2D eigenvalue weighted by atomic mass is 35.5. The van der Waals surface area contributed by atoms with Crippen molar-refractivity contribution in [1.82, 2.24) is 20.1 Å². The SMILES string of the molecule is CC(C)ON=C(CNC(=O)Cc1cn(C)nc1C(F)F)c1ncc(Cl)cc1Cl. The molecule has 2 rings (SSSR count). The summed E-state index contributed by atoms with van der Waals surface area (Å²) in [5.74, 6) is -0.489. The fourth-order valence-corrected chi connectivity index (χ4v) is 2.74. The molecule has 0 aliphatic carbocycles. The van der Waals surface area contributed by atoms with E-state index in [0.717, 1.165) is 0 Å². The van der Waals surface area contributed by atoms with Crippen LogP contribution in [-0.4, -0.2) is 39.0 Å². The van der Waals surface area contributed by atoms with E-state index in [-0.39, 0.29) is 35.4 Å². The maximum atomic E-state index is 13.0. The van der Waals surface area contributed by atoms with Crippen molar-refractivity contribution in [3.63, 3.8) is 0 Å². The Labute approximate surface area is 170 Å². The summed E-state index contributed by atoms with van der Waals surface area (Å²) in [4.78, 5) is 21.6. The van der Waals surface area contributed by atoms with E-state index in [9.17, 15) is 13.6 Å². The van der Waals surface area contributed by atoms with Gasteiger partial charge in [0.1, 0.15) is 23.2 Å². The molecule has 0 fully saturated rings. The van der Waals surface area contributed by atoms with Gasteiger partial charge in [0.05, 0.1) is 23.0 Å². The van der Waals surface area contributed by atoms with Gasteiger partial charge in [-0.3, -0.25) is 14.5 Å². The Bertz CT molecular complexity index is 871. The molecule has 0 atom stereocenters. The van der Waals surface area contributed by atoms with Gasteiger partial charge in [0.2, 0.25) is 5.91 Å². The quantitative estimate of drug-likeness (QED) is 0.509. The Morgan fingerprint density at radius 2 is 2.11 bits per heavy atom. The van der Waals surface area contributed by atoms with Gasteiger partial charge in [-0.2, -0.15) is 5.10 Å². The molecule has 0 saturated heterocycles. The van der Waals surface area contributed by atoms with Crippen molar-refractivity contribution in [1.29, 1.82) is 0 Å². The third kappa shape index (κ3) is 6.13.